The molecule has 3 rings (SSSR count). The first kappa shape index (κ1) is 18.2. The lowest BCUT2D eigenvalue weighted by Gasteiger charge is -2.18. The van der Waals surface area contributed by atoms with Crippen LogP contribution >= 0.6 is 11.6 Å². The molecule has 0 spiro atoms. The second-order valence-corrected chi connectivity index (χ2v) is 6.81. The number of halogens is 1. The van der Waals surface area contributed by atoms with Crippen LogP contribution in [-0.4, -0.2) is 10.9 Å². The van der Waals surface area contributed by atoms with Gasteiger partial charge in [-0.05, 0) is 54.3 Å². The molecule has 1 atom stereocenters. The zero-order valence-corrected chi connectivity index (χ0v) is 15.4. The van der Waals surface area contributed by atoms with Gasteiger partial charge in [0.15, 0.2) is 0 Å². The number of amides is 1. The highest BCUT2D eigenvalue weighted by Crippen LogP contribution is 2.23. The number of rotatable bonds is 6. The maximum absolute atomic E-state index is 12.9. The molecule has 0 saturated carbocycles. The summed E-state index contributed by atoms with van der Waals surface area (Å²) in [6.45, 7) is 2.56. The van der Waals surface area contributed by atoms with Gasteiger partial charge < -0.3 is 5.32 Å². The number of carbonyl (C=O) groups excluding carboxylic acids is 1. The van der Waals surface area contributed by atoms with Crippen molar-refractivity contribution in [3.8, 4) is 0 Å². The van der Waals surface area contributed by atoms with E-state index in [1.165, 1.54) is 5.56 Å². The molecule has 4 heteroatoms. The van der Waals surface area contributed by atoms with Crippen molar-refractivity contribution in [2.24, 2.45) is 0 Å². The molecule has 26 heavy (non-hydrogen) atoms. The molecule has 1 heterocycles. The van der Waals surface area contributed by atoms with Gasteiger partial charge in [-0.3, -0.25) is 9.78 Å². The summed E-state index contributed by atoms with van der Waals surface area (Å²) in [5.41, 5.74) is 4.30. The fraction of sp³-hybridized carbons (Fsp3) is 0.182. The lowest BCUT2D eigenvalue weighted by Crippen LogP contribution is -2.30. The zero-order valence-electron chi connectivity index (χ0n) is 14.7. The molecule has 1 unspecified atom stereocenters. The largest absolute Gasteiger partial charge is 0.351 e. The van der Waals surface area contributed by atoms with E-state index in [-0.39, 0.29) is 11.8 Å². The SMILES string of the molecule is Cc1cccc(CNC(=O)C(Cc2ccncc2)c2ccc(Cl)cc2)c1. The molecule has 1 aromatic heterocycles. The summed E-state index contributed by atoms with van der Waals surface area (Å²) >= 11 is 6.00. The van der Waals surface area contributed by atoms with Gasteiger partial charge in [-0.2, -0.15) is 0 Å². The highest BCUT2D eigenvalue weighted by Gasteiger charge is 2.21. The van der Waals surface area contributed by atoms with Crippen LogP contribution in [-0.2, 0) is 17.8 Å². The Bertz CT molecular complexity index is 863. The van der Waals surface area contributed by atoms with Crippen molar-refractivity contribution in [3.05, 3.63) is 100 Å². The van der Waals surface area contributed by atoms with E-state index in [9.17, 15) is 4.79 Å². The van der Waals surface area contributed by atoms with Crippen LogP contribution in [0.2, 0.25) is 5.02 Å². The lowest BCUT2D eigenvalue weighted by atomic mass is 9.91. The number of pyridine rings is 1. The van der Waals surface area contributed by atoms with E-state index in [4.69, 9.17) is 11.6 Å². The molecule has 3 aromatic rings. The van der Waals surface area contributed by atoms with E-state index in [1.54, 1.807) is 12.4 Å². The third-order valence-electron chi connectivity index (χ3n) is 4.33. The maximum atomic E-state index is 12.9. The Morgan fingerprint density at radius 2 is 1.77 bits per heavy atom. The van der Waals surface area contributed by atoms with Crippen LogP contribution in [0, 0.1) is 6.92 Å². The van der Waals surface area contributed by atoms with E-state index in [1.807, 2.05) is 61.5 Å². The number of aryl methyl sites for hydroxylation is 1. The minimum absolute atomic E-state index is 0.00522. The van der Waals surface area contributed by atoms with E-state index in [0.717, 1.165) is 16.7 Å². The average Bonchev–Trinajstić information content (AvgIpc) is 2.66. The molecule has 0 aliphatic carbocycles. The normalized spacial score (nSPS) is 11.8. The predicted molar refractivity (Wildman–Crippen MR) is 105 cm³/mol. The van der Waals surface area contributed by atoms with Crippen molar-refractivity contribution in [1.82, 2.24) is 10.3 Å². The van der Waals surface area contributed by atoms with Crippen molar-refractivity contribution in [2.45, 2.75) is 25.8 Å². The summed E-state index contributed by atoms with van der Waals surface area (Å²) in [6.07, 6.45) is 4.11. The summed E-state index contributed by atoms with van der Waals surface area (Å²) < 4.78 is 0. The summed E-state index contributed by atoms with van der Waals surface area (Å²) in [7, 11) is 0. The highest BCUT2D eigenvalue weighted by molar-refractivity contribution is 6.30. The molecule has 1 N–H and O–H groups in total. The summed E-state index contributed by atoms with van der Waals surface area (Å²) in [5, 5.41) is 3.74. The standard InChI is InChI=1S/C22H21ClN2O/c1-16-3-2-4-18(13-16)15-25-22(26)21(14-17-9-11-24-12-10-17)19-5-7-20(23)8-6-19/h2-13,21H,14-15H2,1H3,(H,25,26). The topological polar surface area (TPSA) is 42.0 Å². The van der Waals surface area contributed by atoms with Gasteiger partial charge in [0.2, 0.25) is 5.91 Å². The second-order valence-electron chi connectivity index (χ2n) is 6.37. The second kappa shape index (κ2) is 8.63. The van der Waals surface area contributed by atoms with Gasteiger partial charge in [0, 0.05) is 24.0 Å². The Balaban J connectivity index is 1.77. The average molecular weight is 365 g/mol. The Labute approximate surface area is 159 Å². The molecule has 1 amide bonds. The molecular weight excluding hydrogens is 344 g/mol. The van der Waals surface area contributed by atoms with Gasteiger partial charge in [-0.25, -0.2) is 0 Å². The zero-order chi connectivity index (χ0) is 18.4. The van der Waals surface area contributed by atoms with Gasteiger partial charge in [0.1, 0.15) is 0 Å². The number of hydrogen-bond acceptors (Lipinski definition) is 2. The molecule has 0 aliphatic heterocycles. The van der Waals surface area contributed by atoms with Gasteiger partial charge in [0.25, 0.3) is 0 Å². The Morgan fingerprint density at radius 3 is 2.46 bits per heavy atom. The first-order valence-corrected chi connectivity index (χ1v) is 8.97. The molecule has 0 aliphatic rings. The predicted octanol–water partition coefficient (Wildman–Crippen LogP) is 4.69. The number of aromatic nitrogens is 1. The van der Waals surface area contributed by atoms with Crippen LogP contribution in [0.1, 0.15) is 28.2 Å². The molecule has 0 bridgehead atoms. The monoisotopic (exact) mass is 364 g/mol. The minimum Gasteiger partial charge on any atom is -0.351 e. The number of hydrogen-bond donors (Lipinski definition) is 1. The van der Waals surface area contributed by atoms with Crippen molar-refractivity contribution in [3.63, 3.8) is 0 Å². The Kier molecular flexibility index (Phi) is 6.03. The van der Waals surface area contributed by atoms with E-state index >= 15 is 0 Å². The van der Waals surface area contributed by atoms with Crippen LogP contribution in [0.25, 0.3) is 0 Å². The summed E-state index contributed by atoms with van der Waals surface area (Å²) in [4.78, 5) is 17.0. The molecule has 0 radical (unpaired) electrons. The van der Waals surface area contributed by atoms with Gasteiger partial charge in [-0.1, -0.05) is 53.6 Å². The molecule has 0 fully saturated rings. The molecular formula is C22H21ClN2O. The Hall–Kier alpha value is -2.65. The summed E-state index contributed by atoms with van der Waals surface area (Å²) in [5.74, 6) is -0.273. The van der Waals surface area contributed by atoms with Gasteiger partial charge >= 0.3 is 0 Å². The van der Waals surface area contributed by atoms with Crippen molar-refractivity contribution in [1.29, 1.82) is 0 Å². The van der Waals surface area contributed by atoms with Crippen molar-refractivity contribution in [2.75, 3.05) is 0 Å². The van der Waals surface area contributed by atoms with Crippen LogP contribution in [0.15, 0.2) is 73.1 Å². The van der Waals surface area contributed by atoms with E-state index < -0.39 is 0 Å². The highest BCUT2D eigenvalue weighted by atomic mass is 35.5. The molecule has 2 aromatic carbocycles. The molecule has 132 valence electrons. The van der Waals surface area contributed by atoms with Crippen LogP contribution in [0.5, 0.6) is 0 Å². The quantitative estimate of drug-likeness (QED) is 0.689. The molecule has 0 saturated heterocycles. The maximum Gasteiger partial charge on any atom is 0.228 e. The number of benzene rings is 2. The lowest BCUT2D eigenvalue weighted by molar-refractivity contribution is -0.122. The third kappa shape index (κ3) is 4.93. The smallest absolute Gasteiger partial charge is 0.228 e. The van der Waals surface area contributed by atoms with E-state index in [0.29, 0.717) is 18.0 Å². The fourth-order valence-corrected chi connectivity index (χ4v) is 3.07. The fourth-order valence-electron chi connectivity index (χ4n) is 2.95. The number of carbonyl (C=O) groups is 1. The first-order chi connectivity index (χ1) is 12.6. The van der Waals surface area contributed by atoms with Crippen LogP contribution in [0.4, 0.5) is 0 Å². The van der Waals surface area contributed by atoms with E-state index in [2.05, 4.69) is 16.4 Å². The number of nitrogens with one attached hydrogen (secondary N) is 1. The van der Waals surface area contributed by atoms with Crippen LogP contribution in [0.3, 0.4) is 0 Å². The number of nitrogens with zero attached hydrogens (tertiary/aromatic N) is 1. The van der Waals surface area contributed by atoms with Crippen molar-refractivity contribution >= 4 is 17.5 Å². The van der Waals surface area contributed by atoms with Crippen molar-refractivity contribution < 1.29 is 4.79 Å². The molecule has 3 nitrogen and oxygen atoms in total. The summed E-state index contributed by atoms with van der Waals surface area (Å²) in [6, 6.07) is 19.5. The Morgan fingerprint density at radius 1 is 1.04 bits per heavy atom. The van der Waals surface area contributed by atoms with Crippen LogP contribution < -0.4 is 5.32 Å². The van der Waals surface area contributed by atoms with Gasteiger partial charge in [0.05, 0.1) is 5.92 Å². The minimum atomic E-state index is -0.278. The third-order valence-corrected chi connectivity index (χ3v) is 4.58. The first-order valence-electron chi connectivity index (χ1n) is 8.59. The van der Waals surface area contributed by atoms with Gasteiger partial charge in [-0.15, -0.1) is 0 Å².